The smallest absolute Gasteiger partial charge is 0.238 e. The molecule has 3 nitrogen and oxygen atoms in total. The van der Waals surface area contributed by atoms with Crippen molar-refractivity contribution in [1.29, 1.82) is 0 Å². The first-order valence-electron chi connectivity index (χ1n) is 2.55. The summed E-state index contributed by atoms with van der Waals surface area (Å²) in [7, 11) is 1.56. The lowest BCUT2D eigenvalue weighted by atomic mass is 10.3. The van der Waals surface area contributed by atoms with Gasteiger partial charge < -0.3 is 4.74 Å². The van der Waals surface area contributed by atoms with Gasteiger partial charge in [0.25, 0.3) is 0 Å². The number of nitrogens with zero attached hydrogens (tertiary/aromatic N) is 1. The third kappa shape index (κ3) is 1.15. The summed E-state index contributed by atoms with van der Waals surface area (Å²) in [4.78, 5) is 13.3. The van der Waals surface area contributed by atoms with E-state index in [-0.39, 0.29) is 0 Å². The quantitative estimate of drug-likeness (QED) is 0.417. The van der Waals surface area contributed by atoms with Gasteiger partial charge in [-0.15, -0.1) is 0 Å². The number of rotatable bonds is 2. The van der Waals surface area contributed by atoms with Crippen LogP contribution in [0.25, 0.3) is 0 Å². The molecule has 1 saturated heterocycles. The molecule has 0 aromatic carbocycles. The summed E-state index contributed by atoms with van der Waals surface area (Å²) in [5.41, 5.74) is -0.521. The first-order valence-corrected chi connectivity index (χ1v) is 3.70. The van der Waals surface area contributed by atoms with Gasteiger partial charge in [-0.1, -0.05) is 0 Å². The van der Waals surface area contributed by atoms with Crippen LogP contribution in [0, 0.1) is 0 Å². The van der Waals surface area contributed by atoms with E-state index in [1.807, 2.05) is 0 Å². The van der Waals surface area contributed by atoms with Crippen molar-refractivity contribution in [2.45, 2.75) is 5.72 Å². The van der Waals surface area contributed by atoms with Crippen LogP contribution < -0.4 is 0 Å². The highest BCUT2D eigenvalue weighted by atomic mass is 32.2. The van der Waals surface area contributed by atoms with Gasteiger partial charge in [0.2, 0.25) is 6.08 Å². The predicted molar refractivity (Wildman–Crippen MR) is 35.2 cm³/mol. The van der Waals surface area contributed by atoms with Crippen molar-refractivity contribution >= 4 is 17.8 Å². The molecule has 0 amide bonds. The highest BCUT2D eigenvalue weighted by molar-refractivity contribution is 8.00. The standard InChI is InChI=1S/C5H7NO2S/c1-8-5(6-4-7)2-9-3-5/h2-3H2,1H3. The fraction of sp³-hybridized carbons (Fsp3) is 0.800. The second-order valence-electron chi connectivity index (χ2n) is 1.85. The van der Waals surface area contributed by atoms with E-state index >= 15 is 0 Å². The molecule has 0 radical (unpaired) electrons. The molecule has 1 aliphatic heterocycles. The molecule has 0 atom stereocenters. The summed E-state index contributed by atoms with van der Waals surface area (Å²) in [5.74, 6) is 1.55. The largest absolute Gasteiger partial charge is 0.355 e. The second kappa shape index (κ2) is 2.52. The van der Waals surface area contributed by atoms with Crippen LogP contribution in [-0.4, -0.2) is 30.4 Å². The normalized spacial score (nSPS) is 21.9. The van der Waals surface area contributed by atoms with Crippen LogP contribution in [0.5, 0.6) is 0 Å². The van der Waals surface area contributed by atoms with Crippen LogP contribution in [0.4, 0.5) is 0 Å². The van der Waals surface area contributed by atoms with Gasteiger partial charge >= 0.3 is 0 Å². The second-order valence-corrected chi connectivity index (χ2v) is 2.83. The zero-order valence-corrected chi connectivity index (χ0v) is 5.90. The highest BCUT2D eigenvalue weighted by Crippen LogP contribution is 2.32. The molecule has 0 unspecified atom stereocenters. The molecule has 0 aromatic heterocycles. The maximum Gasteiger partial charge on any atom is 0.238 e. The van der Waals surface area contributed by atoms with Crippen LogP contribution in [0.3, 0.4) is 0 Å². The van der Waals surface area contributed by atoms with E-state index in [9.17, 15) is 4.79 Å². The lowest BCUT2D eigenvalue weighted by Crippen LogP contribution is -2.42. The minimum Gasteiger partial charge on any atom is -0.355 e. The number of methoxy groups -OCH3 is 1. The Morgan fingerprint density at radius 2 is 2.44 bits per heavy atom. The molecule has 9 heavy (non-hydrogen) atoms. The minimum atomic E-state index is -0.521. The number of isocyanates is 1. The molecule has 0 spiro atoms. The molecule has 1 rings (SSSR count). The molecular formula is C5H7NO2S. The summed E-state index contributed by atoms with van der Waals surface area (Å²) >= 11 is 1.71. The van der Waals surface area contributed by atoms with Gasteiger partial charge in [0.05, 0.1) is 0 Å². The van der Waals surface area contributed by atoms with Crippen molar-refractivity contribution < 1.29 is 9.53 Å². The molecule has 0 saturated carbocycles. The van der Waals surface area contributed by atoms with Crippen LogP contribution in [0.1, 0.15) is 0 Å². The van der Waals surface area contributed by atoms with E-state index in [0.717, 1.165) is 11.5 Å². The zero-order chi connectivity index (χ0) is 6.74. The van der Waals surface area contributed by atoms with Crippen molar-refractivity contribution in [3.8, 4) is 0 Å². The predicted octanol–water partition coefficient (Wildman–Crippen LogP) is 0.412. The van der Waals surface area contributed by atoms with E-state index in [2.05, 4.69) is 4.99 Å². The van der Waals surface area contributed by atoms with E-state index < -0.39 is 5.72 Å². The Balaban J connectivity index is 2.56. The van der Waals surface area contributed by atoms with Gasteiger partial charge in [-0.2, -0.15) is 16.8 Å². The summed E-state index contributed by atoms with van der Waals surface area (Å²) in [6, 6.07) is 0. The van der Waals surface area contributed by atoms with Crippen LogP contribution >= 0.6 is 11.8 Å². The van der Waals surface area contributed by atoms with Gasteiger partial charge in [0.1, 0.15) is 0 Å². The van der Waals surface area contributed by atoms with Crippen LogP contribution in [-0.2, 0) is 9.53 Å². The third-order valence-corrected chi connectivity index (χ3v) is 2.59. The molecule has 1 aliphatic rings. The first-order chi connectivity index (χ1) is 4.33. The van der Waals surface area contributed by atoms with Crippen LogP contribution in [0.2, 0.25) is 0 Å². The Kier molecular flexibility index (Phi) is 1.90. The number of ether oxygens (including phenoxy) is 1. The van der Waals surface area contributed by atoms with Gasteiger partial charge in [-0.25, -0.2) is 4.79 Å². The Morgan fingerprint density at radius 1 is 1.78 bits per heavy atom. The SMILES string of the molecule is COC1(N=C=O)CSC1. The Bertz CT molecular complexity index is 144. The highest BCUT2D eigenvalue weighted by Gasteiger charge is 2.37. The molecule has 0 aromatic rings. The number of thioether (sulfide) groups is 1. The Morgan fingerprint density at radius 3 is 2.56 bits per heavy atom. The maximum atomic E-state index is 9.79. The monoisotopic (exact) mass is 145 g/mol. The molecule has 0 aliphatic carbocycles. The van der Waals surface area contributed by atoms with E-state index in [4.69, 9.17) is 4.74 Å². The van der Waals surface area contributed by atoms with Gasteiger partial charge in [-0.05, 0) is 0 Å². The van der Waals surface area contributed by atoms with E-state index in [0.29, 0.717) is 0 Å². The number of carbonyl (C=O) groups excluding carboxylic acids is 1. The molecule has 4 heteroatoms. The van der Waals surface area contributed by atoms with Crippen molar-refractivity contribution in [2.75, 3.05) is 18.6 Å². The van der Waals surface area contributed by atoms with Gasteiger partial charge in [-0.3, -0.25) is 0 Å². The molecule has 1 heterocycles. The van der Waals surface area contributed by atoms with Crippen molar-refractivity contribution in [3.63, 3.8) is 0 Å². The summed E-state index contributed by atoms with van der Waals surface area (Å²) in [6.07, 6.45) is 1.50. The van der Waals surface area contributed by atoms with Crippen molar-refractivity contribution in [2.24, 2.45) is 4.99 Å². The van der Waals surface area contributed by atoms with Crippen LogP contribution in [0.15, 0.2) is 4.99 Å². The number of hydrogen-bond acceptors (Lipinski definition) is 4. The molecule has 1 fully saturated rings. The average molecular weight is 145 g/mol. The molecule has 50 valence electrons. The molecule has 0 N–H and O–H groups in total. The summed E-state index contributed by atoms with van der Waals surface area (Å²) in [6.45, 7) is 0. The minimum absolute atomic E-state index is 0.521. The zero-order valence-electron chi connectivity index (χ0n) is 5.09. The van der Waals surface area contributed by atoms with Gasteiger partial charge in [0, 0.05) is 18.6 Å². The summed E-state index contributed by atoms with van der Waals surface area (Å²) in [5, 5.41) is 0. The lowest BCUT2D eigenvalue weighted by Gasteiger charge is -2.33. The Hall–Kier alpha value is -0.310. The number of aliphatic imine (C=N–C) groups is 1. The summed E-state index contributed by atoms with van der Waals surface area (Å²) < 4.78 is 4.96. The fourth-order valence-corrected chi connectivity index (χ4v) is 1.51. The number of hydrogen-bond donors (Lipinski definition) is 0. The average Bonchev–Trinajstić information content (AvgIpc) is 1.79. The lowest BCUT2D eigenvalue weighted by molar-refractivity contribution is 0.0298. The van der Waals surface area contributed by atoms with Gasteiger partial charge in [0.15, 0.2) is 5.72 Å². The van der Waals surface area contributed by atoms with Crippen molar-refractivity contribution in [3.05, 3.63) is 0 Å². The Labute approximate surface area is 57.5 Å². The van der Waals surface area contributed by atoms with E-state index in [1.165, 1.54) is 6.08 Å². The maximum absolute atomic E-state index is 9.79. The molecule has 0 bridgehead atoms. The third-order valence-electron chi connectivity index (χ3n) is 1.28. The topological polar surface area (TPSA) is 38.7 Å². The first kappa shape index (κ1) is 6.81. The fourth-order valence-electron chi connectivity index (χ4n) is 0.588. The van der Waals surface area contributed by atoms with Crippen molar-refractivity contribution in [1.82, 2.24) is 0 Å². The molecular weight excluding hydrogens is 138 g/mol. The van der Waals surface area contributed by atoms with E-state index in [1.54, 1.807) is 18.9 Å².